The van der Waals surface area contributed by atoms with Crippen molar-refractivity contribution in [2.24, 2.45) is 0 Å². The van der Waals surface area contributed by atoms with Gasteiger partial charge in [0.25, 0.3) is 0 Å². The molecule has 2 aliphatic rings. The van der Waals surface area contributed by atoms with Gasteiger partial charge in [-0.15, -0.1) is 0 Å². The molecule has 0 radical (unpaired) electrons. The highest BCUT2D eigenvalue weighted by atomic mass is 79.9. The number of rotatable bonds is 5. The summed E-state index contributed by atoms with van der Waals surface area (Å²) in [6.07, 6.45) is 1.85. The molecule has 6 nitrogen and oxygen atoms in total. The summed E-state index contributed by atoms with van der Waals surface area (Å²) in [5.41, 5.74) is 8.02. The lowest BCUT2D eigenvalue weighted by atomic mass is 9.96. The number of thiocarbonyl (C=S) groups is 1. The highest BCUT2D eigenvalue weighted by Crippen LogP contribution is 2.44. The maximum Gasteiger partial charge on any atom is 0.174 e. The molecule has 2 aliphatic heterocycles. The summed E-state index contributed by atoms with van der Waals surface area (Å²) < 4.78 is 8.90. The van der Waals surface area contributed by atoms with Crippen LogP contribution in [0.5, 0.6) is 0 Å². The highest BCUT2D eigenvalue weighted by molar-refractivity contribution is 9.10. The second-order valence-electron chi connectivity index (χ2n) is 9.75. The summed E-state index contributed by atoms with van der Waals surface area (Å²) in [4.78, 5) is 9.32. The molecule has 2 aromatic heterocycles. The van der Waals surface area contributed by atoms with Gasteiger partial charge in [-0.1, -0.05) is 22.0 Å². The highest BCUT2D eigenvalue weighted by Gasteiger charge is 2.42. The van der Waals surface area contributed by atoms with Gasteiger partial charge in [0, 0.05) is 52.2 Å². The van der Waals surface area contributed by atoms with Gasteiger partial charge in [0.1, 0.15) is 0 Å². The molecule has 2 saturated heterocycles. The molecule has 0 bridgehead atoms. The average molecular weight is 589 g/mol. The summed E-state index contributed by atoms with van der Waals surface area (Å²) >= 11 is 9.49. The van der Waals surface area contributed by atoms with Gasteiger partial charge < -0.3 is 24.4 Å². The summed E-state index contributed by atoms with van der Waals surface area (Å²) in [6, 6.07) is 25.4. The topological polar surface area (TPSA) is 45.6 Å². The number of halogens is 1. The summed E-state index contributed by atoms with van der Waals surface area (Å²) in [6.45, 7) is 7.80. The molecule has 2 aromatic carbocycles. The molecule has 2 fully saturated rings. The monoisotopic (exact) mass is 587 g/mol. The van der Waals surface area contributed by atoms with Gasteiger partial charge in [-0.2, -0.15) is 0 Å². The lowest BCUT2D eigenvalue weighted by Gasteiger charge is -2.29. The van der Waals surface area contributed by atoms with E-state index in [0.29, 0.717) is 5.11 Å². The van der Waals surface area contributed by atoms with Gasteiger partial charge in [0.2, 0.25) is 0 Å². The molecule has 4 heterocycles. The van der Waals surface area contributed by atoms with E-state index in [1.54, 1.807) is 0 Å². The van der Waals surface area contributed by atoms with Crippen molar-refractivity contribution in [3.63, 3.8) is 0 Å². The fourth-order valence-corrected chi connectivity index (χ4v) is 6.28. The third-order valence-corrected chi connectivity index (χ3v) is 8.32. The van der Waals surface area contributed by atoms with E-state index in [0.717, 1.165) is 47.8 Å². The molecule has 0 unspecified atom stereocenters. The van der Waals surface area contributed by atoms with Crippen LogP contribution in [0, 0.1) is 13.8 Å². The number of morpholine rings is 1. The zero-order valence-corrected chi connectivity index (χ0v) is 23.9. The molecule has 8 heteroatoms. The van der Waals surface area contributed by atoms with Crippen LogP contribution >= 0.6 is 28.1 Å². The number of hydrogen-bond acceptors (Lipinski definition) is 4. The Labute approximate surface area is 237 Å². The second-order valence-corrected chi connectivity index (χ2v) is 11.1. The number of nitrogens with zero attached hydrogens (tertiary/aromatic N) is 4. The number of aryl methyl sites for hydroxylation is 1. The van der Waals surface area contributed by atoms with Crippen LogP contribution in [0.25, 0.3) is 5.69 Å². The number of benzene rings is 2. The first-order chi connectivity index (χ1) is 18.5. The van der Waals surface area contributed by atoms with Crippen LogP contribution in [-0.4, -0.2) is 41.0 Å². The quantitative estimate of drug-likeness (QED) is 0.278. The van der Waals surface area contributed by atoms with Crippen LogP contribution in [0.3, 0.4) is 0 Å². The third kappa shape index (κ3) is 4.61. The summed E-state index contributed by atoms with van der Waals surface area (Å²) in [7, 11) is 0. The van der Waals surface area contributed by atoms with Crippen molar-refractivity contribution in [3.8, 4) is 5.69 Å². The van der Waals surface area contributed by atoms with E-state index in [1.165, 1.54) is 22.6 Å². The minimum absolute atomic E-state index is 0.0499. The lowest BCUT2D eigenvalue weighted by Crippen LogP contribution is -2.36. The van der Waals surface area contributed by atoms with Gasteiger partial charge in [0.15, 0.2) is 5.11 Å². The Hall–Kier alpha value is -3.20. The number of anilines is 2. The average Bonchev–Trinajstić information content (AvgIpc) is 3.45. The maximum atomic E-state index is 5.92. The molecule has 0 amide bonds. The van der Waals surface area contributed by atoms with Gasteiger partial charge in [0.05, 0.1) is 31.0 Å². The standard InChI is InChI=1S/C30H30BrN5OS/c1-20-19-26(21(2)35(20)24-12-10-23(11-13-24)34-15-17-37-18-16-34)29-28(27-5-3-4-14-32-27)33-30(38)36(29)25-8-6-22(31)7-9-25/h3-14,19,28-29H,15-18H2,1-2H3,(H,33,38)/t28-,29+/m1/s1. The molecule has 0 spiro atoms. The molecule has 0 saturated carbocycles. The molecule has 2 atom stereocenters. The smallest absolute Gasteiger partial charge is 0.174 e. The lowest BCUT2D eigenvalue weighted by molar-refractivity contribution is 0.122. The molecule has 38 heavy (non-hydrogen) atoms. The normalized spacial score (nSPS) is 19.6. The van der Waals surface area contributed by atoms with Crippen molar-refractivity contribution >= 4 is 44.6 Å². The van der Waals surface area contributed by atoms with E-state index >= 15 is 0 Å². The fraction of sp³-hybridized carbons (Fsp3) is 0.267. The van der Waals surface area contributed by atoms with Crippen LogP contribution in [0.2, 0.25) is 0 Å². The molecular weight excluding hydrogens is 558 g/mol. The number of pyridine rings is 1. The van der Waals surface area contributed by atoms with Gasteiger partial charge in [-0.25, -0.2) is 0 Å². The minimum atomic E-state index is -0.0787. The molecule has 4 aromatic rings. The van der Waals surface area contributed by atoms with Crippen molar-refractivity contribution in [1.29, 1.82) is 0 Å². The van der Waals surface area contributed by atoms with Crippen molar-refractivity contribution in [2.45, 2.75) is 25.9 Å². The predicted octanol–water partition coefficient (Wildman–Crippen LogP) is 6.27. The molecular formula is C30H30BrN5OS. The Morgan fingerprint density at radius 3 is 2.29 bits per heavy atom. The Morgan fingerprint density at radius 1 is 0.921 bits per heavy atom. The van der Waals surface area contributed by atoms with Gasteiger partial charge >= 0.3 is 0 Å². The number of nitrogens with one attached hydrogen (secondary N) is 1. The Kier molecular flexibility index (Phi) is 6.95. The van der Waals surface area contributed by atoms with Crippen molar-refractivity contribution in [2.75, 3.05) is 36.1 Å². The first kappa shape index (κ1) is 25.1. The van der Waals surface area contributed by atoms with E-state index in [-0.39, 0.29) is 12.1 Å². The van der Waals surface area contributed by atoms with Crippen LogP contribution in [0.4, 0.5) is 11.4 Å². The van der Waals surface area contributed by atoms with Crippen molar-refractivity contribution < 1.29 is 4.74 Å². The first-order valence-electron chi connectivity index (χ1n) is 12.9. The van der Waals surface area contributed by atoms with Crippen LogP contribution in [-0.2, 0) is 4.74 Å². The molecule has 6 rings (SSSR count). The number of hydrogen-bond donors (Lipinski definition) is 1. The Bertz CT molecular complexity index is 1430. The summed E-state index contributed by atoms with van der Waals surface area (Å²) in [5, 5.41) is 4.28. The summed E-state index contributed by atoms with van der Waals surface area (Å²) in [5.74, 6) is 0. The maximum absolute atomic E-state index is 5.92. The van der Waals surface area contributed by atoms with E-state index in [1.807, 2.05) is 18.3 Å². The molecule has 1 N–H and O–H groups in total. The van der Waals surface area contributed by atoms with E-state index < -0.39 is 0 Å². The molecule has 194 valence electrons. The fourth-order valence-electron chi connectivity index (χ4n) is 5.67. The number of aromatic nitrogens is 2. The Balaban J connectivity index is 1.41. The zero-order valence-electron chi connectivity index (χ0n) is 21.5. The van der Waals surface area contributed by atoms with Crippen LogP contribution < -0.4 is 15.1 Å². The van der Waals surface area contributed by atoms with E-state index in [9.17, 15) is 0 Å². The van der Waals surface area contributed by atoms with E-state index in [4.69, 9.17) is 21.9 Å². The zero-order chi connectivity index (χ0) is 26.2. The van der Waals surface area contributed by atoms with Crippen LogP contribution in [0.15, 0.2) is 83.5 Å². The second kappa shape index (κ2) is 10.5. The minimum Gasteiger partial charge on any atom is -0.378 e. The predicted molar refractivity (Wildman–Crippen MR) is 160 cm³/mol. The van der Waals surface area contributed by atoms with Crippen molar-refractivity contribution in [1.82, 2.24) is 14.9 Å². The SMILES string of the molecule is Cc1cc([C@H]2[C@@H](c3ccccn3)NC(=S)N2c2ccc(Br)cc2)c(C)n1-c1ccc(N2CCOCC2)cc1. The third-order valence-electron chi connectivity index (χ3n) is 7.48. The first-order valence-corrected chi connectivity index (χ1v) is 14.1. The van der Waals surface area contributed by atoms with E-state index in [2.05, 4.69) is 110 Å². The van der Waals surface area contributed by atoms with Gasteiger partial charge in [-0.3, -0.25) is 4.98 Å². The van der Waals surface area contributed by atoms with Crippen molar-refractivity contribution in [3.05, 3.63) is 106 Å². The van der Waals surface area contributed by atoms with Gasteiger partial charge in [-0.05, 0) is 98.4 Å². The number of ether oxygens (including phenoxy) is 1. The Morgan fingerprint density at radius 2 is 1.61 bits per heavy atom. The largest absolute Gasteiger partial charge is 0.378 e. The van der Waals surface area contributed by atoms with Crippen LogP contribution in [0.1, 0.15) is 34.7 Å². The molecule has 0 aliphatic carbocycles.